The lowest BCUT2D eigenvalue weighted by Gasteiger charge is -1.99. The number of halogens is 1. The summed E-state index contributed by atoms with van der Waals surface area (Å²) in [5.74, 6) is 0.222. The largest absolute Gasteiger partial charge is 0.465 e. The first kappa shape index (κ1) is 11.1. The second-order valence-electron chi connectivity index (χ2n) is 2.15. The van der Waals surface area contributed by atoms with Crippen molar-refractivity contribution >= 4 is 45.0 Å². The summed E-state index contributed by atoms with van der Waals surface area (Å²) in [5, 5.41) is 1.98. The highest BCUT2D eigenvalue weighted by atomic mass is 79.9. The van der Waals surface area contributed by atoms with E-state index in [-0.39, 0.29) is 5.97 Å². The Morgan fingerprint density at radius 1 is 1.77 bits per heavy atom. The normalized spacial score (nSPS) is 10.0. The van der Waals surface area contributed by atoms with Crippen LogP contribution in [0.5, 0.6) is 0 Å². The molecule has 1 rings (SSSR count). The standard InChI is InChI=1S/C8H9BrO2S2/c1-2-11-7(10)5-13-8-6(9)3-4-12-8/h3-4H,2,5H2,1H3. The molecule has 0 radical (unpaired) electrons. The molecule has 0 saturated carbocycles. The number of hydrogen-bond acceptors (Lipinski definition) is 4. The van der Waals surface area contributed by atoms with Crippen LogP contribution in [-0.4, -0.2) is 18.3 Å². The van der Waals surface area contributed by atoms with E-state index in [1.165, 1.54) is 11.8 Å². The molecule has 72 valence electrons. The van der Waals surface area contributed by atoms with Gasteiger partial charge in [-0.3, -0.25) is 4.79 Å². The SMILES string of the molecule is CCOC(=O)CSc1sccc1Br. The highest BCUT2D eigenvalue weighted by molar-refractivity contribution is 9.10. The number of rotatable bonds is 4. The molecule has 13 heavy (non-hydrogen) atoms. The molecule has 0 aliphatic carbocycles. The van der Waals surface area contributed by atoms with Gasteiger partial charge in [-0.25, -0.2) is 0 Å². The minimum atomic E-state index is -0.159. The fourth-order valence-electron chi connectivity index (χ4n) is 0.710. The van der Waals surface area contributed by atoms with E-state index in [9.17, 15) is 4.79 Å². The van der Waals surface area contributed by atoms with Gasteiger partial charge in [-0.05, 0) is 34.3 Å². The Labute approximate surface area is 93.8 Å². The molecule has 0 N–H and O–H groups in total. The third kappa shape index (κ3) is 3.70. The van der Waals surface area contributed by atoms with Gasteiger partial charge < -0.3 is 4.74 Å². The van der Waals surface area contributed by atoms with Gasteiger partial charge in [-0.15, -0.1) is 23.1 Å². The Bertz CT molecular complexity index is 285. The molecule has 2 nitrogen and oxygen atoms in total. The van der Waals surface area contributed by atoms with Crippen LogP contribution in [0.4, 0.5) is 0 Å². The average molecular weight is 281 g/mol. The summed E-state index contributed by atoms with van der Waals surface area (Å²) in [4.78, 5) is 11.0. The number of hydrogen-bond donors (Lipinski definition) is 0. The van der Waals surface area contributed by atoms with Crippen LogP contribution in [0.15, 0.2) is 20.1 Å². The van der Waals surface area contributed by atoms with Gasteiger partial charge in [0.25, 0.3) is 0 Å². The smallest absolute Gasteiger partial charge is 0.316 e. The van der Waals surface area contributed by atoms with Gasteiger partial charge in [0.15, 0.2) is 0 Å². The van der Waals surface area contributed by atoms with Crippen LogP contribution in [0.1, 0.15) is 6.92 Å². The molecular formula is C8H9BrO2S2. The maximum atomic E-state index is 11.0. The Kier molecular flexibility index (Phi) is 4.83. The van der Waals surface area contributed by atoms with Crippen molar-refractivity contribution in [2.75, 3.05) is 12.4 Å². The van der Waals surface area contributed by atoms with Gasteiger partial charge in [-0.1, -0.05) is 0 Å². The van der Waals surface area contributed by atoms with E-state index in [0.717, 1.165) is 8.68 Å². The quantitative estimate of drug-likeness (QED) is 0.626. The molecule has 0 aliphatic heterocycles. The third-order valence-electron chi connectivity index (χ3n) is 1.21. The molecule has 0 spiro atoms. The van der Waals surface area contributed by atoms with Gasteiger partial charge in [0.1, 0.15) is 0 Å². The van der Waals surface area contributed by atoms with Crippen LogP contribution < -0.4 is 0 Å². The minimum Gasteiger partial charge on any atom is -0.465 e. The van der Waals surface area contributed by atoms with Gasteiger partial charge in [0, 0.05) is 4.47 Å². The number of ether oxygens (including phenoxy) is 1. The third-order valence-corrected chi connectivity index (χ3v) is 4.61. The number of thiophene rings is 1. The van der Waals surface area contributed by atoms with Crippen molar-refractivity contribution in [3.8, 4) is 0 Å². The first-order chi connectivity index (χ1) is 6.24. The van der Waals surface area contributed by atoms with Crippen molar-refractivity contribution in [1.29, 1.82) is 0 Å². The monoisotopic (exact) mass is 280 g/mol. The number of carbonyl (C=O) groups is 1. The molecule has 1 aromatic rings. The average Bonchev–Trinajstić information content (AvgIpc) is 2.48. The molecule has 0 atom stereocenters. The van der Waals surface area contributed by atoms with E-state index in [4.69, 9.17) is 4.74 Å². The topological polar surface area (TPSA) is 26.3 Å². The van der Waals surface area contributed by atoms with Crippen molar-refractivity contribution in [3.63, 3.8) is 0 Å². The Balaban J connectivity index is 2.35. The molecule has 5 heteroatoms. The zero-order chi connectivity index (χ0) is 9.68. The number of carbonyl (C=O) groups excluding carboxylic acids is 1. The predicted molar refractivity (Wildman–Crippen MR) is 59.4 cm³/mol. The van der Waals surface area contributed by atoms with Crippen LogP contribution in [-0.2, 0) is 9.53 Å². The zero-order valence-corrected chi connectivity index (χ0v) is 10.3. The molecule has 0 saturated heterocycles. The highest BCUT2D eigenvalue weighted by Gasteiger charge is 2.06. The highest BCUT2D eigenvalue weighted by Crippen LogP contribution is 2.32. The van der Waals surface area contributed by atoms with Crippen molar-refractivity contribution in [2.45, 2.75) is 11.1 Å². The maximum Gasteiger partial charge on any atom is 0.316 e. The van der Waals surface area contributed by atoms with E-state index in [1.807, 2.05) is 18.4 Å². The summed E-state index contributed by atoms with van der Waals surface area (Å²) in [7, 11) is 0. The molecule has 0 unspecified atom stereocenters. The summed E-state index contributed by atoms with van der Waals surface area (Å²) in [6.07, 6.45) is 0. The van der Waals surface area contributed by atoms with Crippen molar-refractivity contribution in [2.24, 2.45) is 0 Å². The van der Waals surface area contributed by atoms with E-state index in [0.29, 0.717) is 12.4 Å². The van der Waals surface area contributed by atoms with Crippen molar-refractivity contribution < 1.29 is 9.53 Å². The molecule has 1 heterocycles. The summed E-state index contributed by atoms with van der Waals surface area (Å²) in [6, 6.07) is 1.97. The molecule has 0 aromatic carbocycles. The fraction of sp³-hybridized carbons (Fsp3) is 0.375. The van der Waals surface area contributed by atoms with Crippen LogP contribution in [0.2, 0.25) is 0 Å². The van der Waals surface area contributed by atoms with Crippen LogP contribution in [0.3, 0.4) is 0 Å². The molecule has 0 fully saturated rings. The van der Waals surface area contributed by atoms with Crippen LogP contribution in [0, 0.1) is 0 Å². The zero-order valence-electron chi connectivity index (χ0n) is 7.08. The van der Waals surface area contributed by atoms with Gasteiger partial charge in [-0.2, -0.15) is 0 Å². The van der Waals surface area contributed by atoms with Gasteiger partial charge in [0.2, 0.25) is 0 Å². The Hall–Kier alpha value is -0.000000000000000111. The summed E-state index contributed by atoms with van der Waals surface area (Å²) < 4.78 is 6.98. The molecule has 0 aliphatic rings. The lowest BCUT2D eigenvalue weighted by Crippen LogP contribution is -2.06. The Morgan fingerprint density at radius 2 is 2.54 bits per heavy atom. The lowest BCUT2D eigenvalue weighted by molar-refractivity contribution is -0.139. The van der Waals surface area contributed by atoms with Crippen molar-refractivity contribution in [1.82, 2.24) is 0 Å². The number of esters is 1. The van der Waals surface area contributed by atoms with Crippen molar-refractivity contribution in [3.05, 3.63) is 15.9 Å². The van der Waals surface area contributed by atoms with Crippen LogP contribution in [0.25, 0.3) is 0 Å². The number of thioether (sulfide) groups is 1. The van der Waals surface area contributed by atoms with Crippen LogP contribution >= 0.6 is 39.0 Å². The van der Waals surface area contributed by atoms with E-state index < -0.39 is 0 Å². The predicted octanol–water partition coefficient (Wildman–Crippen LogP) is 3.17. The lowest BCUT2D eigenvalue weighted by atomic mass is 10.7. The minimum absolute atomic E-state index is 0.159. The van der Waals surface area contributed by atoms with E-state index >= 15 is 0 Å². The van der Waals surface area contributed by atoms with Gasteiger partial charge >= 0.3 is 5.97 Å². The molecule has 0 bridgehead atoms. The summed E-state index contributed by atoms with van der Waals surface area (Å²) in [6.45, 7) is 2.26. The second-order valence-corrected chi connectivity index (χ2v) is 5.16. The molecule has 1 aromatic heterocycles. The molecular weight excluding hydrogens is 272 g/mol. The van der Waals surface area contributed by atoms with Gasteiger partial charge in [0.05, 0.1) is 16.6 Å². The fourth-order valence-corrected chi connectivity index (χ4v) is 3.30. The summed E-state index contributed by atoms with van der Waals surface area (Å²) >= 11 is 6.51. The first-order valence-corrected chi connectivity index (χ1v) is 6.41. The second kappa shape index (κ2) is 5.67. The maximum absolute atomic E-state index is 11.0. The Morgan fingerprint density at radius 3 is 3.08 bits per heavy atom. The summed E-state index contributed by atoms with van der Waals surface area (Å²) in [5.41, 5.74) is 0. The van der Waals surface area contributed by atoms with E-state index in [2.05, 4.69) is 15.9 Å². The van der Waals surface area contributed by atoms with E-state index in [1.54, 1.807) is 11.3 Å². The first-order valence-electron chi connectivity index (χ1n) is 3.75. The molecule has 0 amide bonds.